The molecule has 22 heavy (non-hydrogen) atoms. The van der Waals surface area contributed by atoms with Crippen molar-refractivity contribution in [3.05, 3.63) is 58.0 Å². The maximum absolute atomic E-state index is 12.0. The van der Waals surface area contributed by atoms with Crippen molar-refractivity contribution < 1.29 is 9.21 Å². The van der Waals surface area contributed by atoms with Gasteiger partial charge in [0.2, 0.25) is 5.91 Å². The van der Waals surface area contributed by atoms with Gasteiger partial charge in [-0.2, -0.15) is 0 Å². The van der Waals surface area contributed by atoms with E-state index in [1.165, 1.54) is 6.08 Å². The van der Waals surface area contributed by atoms with Crippen LogP contribution in [-0.4, -0.2) is 20.5 Å². The maximum atomic E-state index is 12.0. The first kappa shape index (κ1) is 14.8. The molecule has 0 aliphatic rings. The fraction of sp³-hybridized carbons (Fsp3) is 0.133. The predicted molar refractivity (Wildman–Crippen MR) is 90.0 cm³/mol. The molecule has 1 unspecified atom stereocenters. The average Bonchev–Trinajstić information content (AvgIpc) is 3.11. The van der Waals surface area contributed by atoms with E-state index in [9.17, 15) is 4.79 Å². The minimum atomic E-state index is -0.258. The predicted octanol–water partition coefficient (Wildman–Crippen LogP) is 2.82. The molecule has 0 saturated heterocycles. The number of nitrogens with zero attached hydrogens (tertiary/aromatic N) is 3. The molecule has 1 N–H and O–H groups in total. The molecule has 0 spiro atoms. The lowest BCUT2D eigenvalue weighted by Crippen LogP contribution is -2.26. The molecule has 3 heterocycles. The number of furan rings is 1. The molecule has 3 rings (SSSR count). The number of halogens is 1. The monoisotopic (exact) mass is 408 g/mol. The van der Waals surface area contributed by atoms with E-state index < -0.39 is 0 Å². The molecule has 0 bridgehead atoms. The second-order valence-electron chi connectivity index (χ2n) is 4.69. The van der Waals surface area contributed by atoms with E-state index in [4.69, 9.17) is 4.42 Å². The molecular formula is C15H13IN4O2. The zero-order chi connectivity index (χ0) is 15.5. The molecule has 7 heteroatoms. The van der Waals surface area contributed by atoms with Gasteiger partial charge in [0.25, 0.3) is 0 Å². The van der Waals surface area contributed by atoms with Gasteiger partial charge in [0, 0.05) is 12.3 Å². The van der Waals surface area contributed by atoms with Gasteiger partial charge in [-0.15, -0.1) is 10.2 Å². The number of nitrogens with one attached hydrogen (secondary N) is 1. The van der Waals surface area contributed by atoms with Crippen LogP contribution in [0.3, 0.4) is 0 Å². The van der Waals surface area contributed by atoms with E-state index in [1.807, 2.05) is 41.8 Å². The van der Waals surface area contributed by atoms with Crippen LogP contribution in [0.25, 0.3) is 11.7 Å². The van der Waals surface area contributed by atoms with Crippen LogP contribution in [0.4, 0.5) is 0 Å². The lowest BCUT2D eigenvalue weighted by Gasteiger charge is -2.10. The van der Waals surface area contributed by atoms with Crippen LogP contribution in [0.2, 0.25) is 0 Å². The normalized spacial score (nSPS) is 12.8. The highest BCUT2D eigenvalue weighted by Crippen LogP contribution is 2.13. The molecule has 0 radical (unpaired) electrons. The number of aromatic nitrogens is 3. The summed E-state index contributed by atoms with van der Waals surface area (Å²) in [4.78, 5) is 12.0. The Bertz CT molecular complexity index is 837. The topological polar surface area (TPSA) is 72.4 Å². The Labute approximate surface area is 140 Å². The van der Waals surface area contributed by atoms with Crippen LogP contribution in [0.5, 0.6) is 0 Å². The second kappa shape index (κ2) is 6.30. The van der Waals surface area contributed by atoms with Crippen LogP contribution in [0.1, 0.15) is 24.6 Å². The number of hydrogen-bond acceptors (Lipinski definition) is 4. The minimum absolute atomic E-state index is 0.216. The third kappa shape index (κ3) is 3.19. The summed E-state index contributed by atoms with van der Waals surface area (Å²) in [6.45, 7) is 1.87. The Morgan fingerprint density at radius 1 is 1.36 bits per heavy atom. The lowest BCUT2D eigenvalue weighted by atomic mass is 10.3. The molecule has 6 nitrogen and oxygen atoms in total. The molecule has 0 aromatic carbocycles. The van der Waals surface area contributed by atoms with Crippen LogP contribution < -0.4 is 5.32 Å². The van der Waals surface area contributed by atoms with Crippen molar-refractivity contribution in [3.8, 4) is 0 Å². The van der Waals surface area contributed by atoms with E-state index in [2.05, 4.69) is 38.1 Å². The molecule has 1 atom stereocenters. The van der Waals surface area contributed by atoms with E-state index in [0.717, 1.165) is 9.41 Å². The molecular weight excluding hydrogens is 395 g/mol. The minimum Gasteiger partial charge on any atom is -0.451 e. The van der Waals surface area contributed by atoms with E-state index in [1.54, 1.807) is 12.1 Å². The summed E-state index contributed by atoms with van der Waals surface area (Å²) in [5.41, 5.74) is 0.749. The highest BCUT2D eigenvalue weighted by atomic mass is 127. The molecule has 0 saturated carbocycles. The number of carbonyl (C=O) groups excluding carboxylic acids is 1. The highest BCUT2D eigenvalue weighted by molar-refractivity contribution is 14.1. The van der Waals surface area contributed by atoms with Crippen molar-refractivity contribution in [2.75, 3.05) is 0 Å². The summed E-state index contributed by atoms with van der Waals surface area (Å²) in [5.74, 6) is 1.11. The average molecular weight is 408 g/mol. The Morgan fingerprint density at radius 2 is 2.23 bits per heavy atom. The molecule has 0 aliphatic heterocycles. The van der Waals surface area contributed by atoms with Crippen molar-refractivity contribution in [1.82, 2.24) is 19.9 Å². The zero-order valence-corrected chi connectivity index (χ0v) is 13.9. The smallest absolute Gasteiger partial charge is 0.244 e. The summed E-state index contributed by atoms with van der Waals surface area (Å²) in [7, 11) is 0. The van der Waals surface area contributed by atoms with Crippen molar-refractivity contribution >= 4 is 40.2 Å². The Morgan fingerprint density at radius 3 is 3.00 bits per heavy atom. The summed E-state index contributed by atoms with van der Waals surface area (Å²) < 4.78 is 7.99. The maximum Gasteiger partial charge on any atom is 0.244 e. The first-order valence-corrected chi connectivity index (χ1v) is 7.75. The first-order chi connectivity index (χ1) is 10.6. The number of carbonyl (C=O) groups is 1. The fourth-order valence-electron chi connectivity index (χ4n) is 2.06. The van der Waals surface area contributed by atoms with Gasteiger partial charge in [-0.1, -0.05) is 6.07 Å². The van der Waals surface area contributed by atoms with Gasteiger partial charge in [-0.3, -0.25) is 9.20 Å². The molecule has 0 aliphatic carbocycles. The van der Waals surface area contributed by atoms with Crippen LogP contribution in [-0.2, 0) is 4.79 Å². The number of pyridine rings is 1. The van der Waals surface area contributed by atoms with Crippen LogP contribution >= 0.6 is 22.6 Å². The van der Waals surface area contributed by atoms with Gasteiger partial charge >= 0.3 is 0 Å². The lowest BCUT2D eigenvalue weighted by molar-refractivity contribution is -0.117. The van der Waals surface area contributed by atoms with Crippen LogP contribution in [0.15, 0.2) is 47.0 Å². The fourth-order valence-corrected chi connectivity index (χ4v) is 2.49. The van der Waals surface area contributed by atoms with Gasteiger partial charge in [0.1, 0.15) is 5.76 Å². The number of fused-ring (bicyclic) bond motifs is 1. The highest BCUT2D eigenvalue weighted by Gasteiger charge is 2.14. The summed E-state index contributed by atoms with van der Waals surface area (Å²) in [6.07, 6.45) is 4.94. The number of rotatable bonds is 4. The van der Waals surface area contributed by atoms with Crippen molar-refractivity contribution in [2.24, 2.45) is 0 Å². The second-order valence-corrected chi connectivity index (χ2v) is 5.76. The molecule has 3 aromatic rings. The number of hydrogen-bond donors (Lipinski definition) is 1. The van der Waals surface area contributed by atoms with Crippen molar-refractivity contribution in [1.29, 1.82) is 0 Å². The number of amides is 1. The van der Waals surface area contributed by atoms with Gasteiger partial charge in [0.05, 0.1) is 6.04 Å². The largest absolute Gasteiger partial charge is 0.451 e. The molecule has 0 fully saturated rings. The summed E-state index contributed by atoms with van der Waals surface area (Å²) >= 11 is 2.07. The van der Waals surface area contributed by atoms with Gasteiger partial charge in [0.15, 0.2) is 15.2 Å². The molecule has 112 valence electrons. The summed E-state index contributed by atoms with van der Waals surface area (Å²) in [5, 5.41) is 11.1. The van der Waals surface area contributed by atoms with E-state index in [0.29, 0.717) is 11.6 Å². The Kier molecular flexibility index (Phi) is 4.23. The standard InChI is InChI=1S/C15H13IN4O2/c1-10(15-19-18-13-4-2-3-9-20(13)15)17-14(21)8-6-11-5-7-12(16)22-11/h2-10H,1H3,(H,17,21)/b8-6+. The first-order valence-electron chi connectivity index (χ1n) is 6.67. The third-order valence-electron chi connectivity index (χ3n) is 3.08. The van der Waals surface area contributed by atoms with Crippen molar-refractivity contribution in [3.63, 3.8) is 0 Å². The van der Waals surface area contributed by atoms with Gasteiger partial charge in [-0.25, -0.2) is 0 Å². The van der Waals surface area contributed by atoms with Crippen LogP contribution in [0, 0.1) is 3.77 Å². The van der Waals surface area contributed by atoms with Crippen molar-refractivity contribution in [2.45, 2.75) is 13.0 Å². The summed E-state index contributed by atoms with van der Waals surface area (Å²) in [6, 6.07) is 9.04. The Hall–Kier alpha value is -2.16. The Balaban J connectivity index is 1.69. The SMILES string of the molecule is CC(NC(=O)/C=C/c1ccc(I)o1)c1nnc2ccccn12. The van der Waals surface area contributed by atoms with Gasteiger partial charge in [-0.05, 0) is 59.9 Å². The zero-order valence-electron chi connectivity index (χ0n) is 11.7. The quantitative estimate of drug-likeness (QED) is 0.533. The molecule has 1 amide bonds. The molecule has 3 aromatic heterocycles. The van der Waals surface area contributed by atoms with Gasteiger partial charge < -0.3 is 9.73 Å². The van der Waals surface area contributed by atoms with E-state index in [-0.39, 0.29) is 11.9 Å². The van der Waals surface area contributed by atoms with E-state index >= 15 is 0 Å². The third-order valence-corrected chi connectivity index (χ3v) is 3.66.